The Hall–Kier alpha value is -3.19. The van der Waals surface area contributed by atoms with Gasteiger partial charge in [0.2, 0.25) is 5.95 Å². The van der Waals surface area contributed by atoms with Crippen molar-refractivity contribution in [3.8, 4) is 11.4 Å². The summed E-state index contributed by atoms with van der Waals surface area (Å²) in [7, 11) is 0. The van der Waals surface area contributed by atoms with Gasteiger partial charge in [-0.15, -0.1) is 5.10 Å². The number of nitrogens with zero attached hydrogens (tertiary/aromatic N) is 3. The van der Waals surface area contributed by atoms with Crippen LogP contribution in [-0.2, 0) is 9.53 Å². The van der Waals surface area contributed by atoms with Crippen molar-refractivity contribution in [2.75, 3.05) is 11.9 Å². The Morgan fingerprint density at radius 3 is 2.66 bits per heavy atom. The Labute approximate surface area is 172 Å². The number of carbonyl (C=O) groups is 1. The summed E-state index contributed by atoms with van der Waals surface area (Å²) in [5.74, 6) is 0.0704. The number of rotatable bonds is 4. The van der Waals surface area contributed by atoms with Gasteiger partial charge in [-0.2, -0.15) is 4.98 Å². The maximum atomic E-state index is 13.3. The van der Waals surface area contributed by atoms with E-state index in [0.29, 0.717) is 39.2 Å². The highest BCUT2D eigenvalue weighted by Gasteiger charge is 2.36. The van der Waals surface area contributed by atoms with E-state index in [-0.39, 0.29) is 12.4 Å². The fourth-order valence-corrected chi connectivity index (χ4v) is 3.57. The van der Waals surface area contributed by atoms with Crippen LogP contribution in [0.25, 0.3) is 11.4 Å². The molecule has 0 aliphatic carbocycles. The Morgan fingerprint density at radius 1 is 1.24 bits per heavy atom. The third-order valence-electron chi connectivity index (χ3n) is 4.65. The largest absolute Gasteiger partial charge is 0.463 e. The summed E-state index contributed by atoms with van der Waals surface area (Å²) in [6.45, 7) is 3.78. The zero-order valence-corrected chi connectivity index (χ0v) is 16.6. The van der Waals surface area contributed by atoms with Crippen LogP contribution in [0.15, 0.2) is 59.8 Å². The van der Waals surface area contributed by atoms with Gasteiger partial charge in [0, 0.05) is 21.8 Å². The second-order valence-corrected chi connectivity index (χ2v) is 6.93. The first-order valence-electron chi connectivity index (χ1n) is 9.11. The fraction of sp³-hybridized carbons (Fsp3) is 0.190. The first-order valence-corrected chi connectivity index (χ1v) is 9.49. The molecule has 0 bridgehead atoms. The van der Waals surface area contributed by atoms with E-state index in [2.05, 4.69) is 15.4 Å². The van der Waals surface area contributed by atoms with Crippen molar-refractivity contribution in [1.29, 1.82) is 0 Å². The molecule has 3 aromatic rings. The van der Waals surface area contributed by atoms with Crippen molar-refractivity contribution < 1.29 is 13.9 Å². The van der Waals surface area contributed by atoms with Crippen LogP contribution in [0.3, 0.4) is 0 Å². The number of hydrogen-bond acceptors (Lipinski definition) is 5. The number of ether oxygens (including phenoxy) is 1. The minimum Gasteiger partial charge on any atom is -0.463 e. The molecule has 0 fully saturated rings. The molecule has 1 unspecified atom stereocenters. The zero-order valence-electron chi connectivity index (χ0n) is 15.8. The molecule has 1 aliphatic rings. The van der Waals surface area contributed by atoms with Gasteiger partial charge < -0.3 is 10.1 Å². The molecule has 2 aromatic carbocycles. The van der Waals surface area contributed by atoms with Crippen molar-refractivity contribution in [1.82, 2.24) is 14.8 Å². The first kappa shape index (κ1) is 19.1. The van der Waals surface area contributed by atoms with Gasteiger partial charge in [0.05, 0.1) is 12.2 Å². The zero-order chi connectivity index (χ0) is 20.5. The lowest BCUT2D eigenvalue weighted by molar-refractivity contribution is -0.139. The van der Waals surface area contributed by atoms with Gasteiger partial charge >= 0.3 is 5.97 Å². The summed E-state index contributed by atoms with van der Waals surface area (Å²) < 4.78 is 20.2. The van der Waals surface area contributed by atoms with E-state index in [1.165, 1.54) is 12.1 Å². The van der Waals surface area contributed by atoms with Crippen LogP contribution in [0.4, 0.5) is 10.3 Å². The second-order valence-electron chi connectivity index (χ2n) is 6.52. The summed E-state index contributed by atoms with van der Waals surface area (Å²) in [6.07, 6.45) is 0. The normalized spacial score (nSPS) is 15.7. The SMILES string of the molecule is CCOC(=O)C1=C(C)Nc2nc(-c3ccc(F)cc3)nn2C1c1ccccc1Cl. The number of benzene rings is 2. The molecular formula is C21H18ClFN4O2. The van der Waals surface area contributed by atoms with Crippen LogP contribution in [0.1, 0.15) is 25.5 Å². The number of nitrogens with one attached hydrogen (secondary N) is 1. The van der Waals surface area contributed by atoms with E-state index >= 15 is 0 Å². The van der Waals surface area contributed by atoms with Gasteiger partial charge in [-0.3, -0.25) is 0 Å². The molecule has 1 aliphatic heterocycles. The molecule has 1 atom stereocenters. The van der Waals surface area contributed by atoms with E-state index in [1.807, 2.05) is 18.2 Å². The minimum absolute atomic E-state index is 0.246. The van der Waals surface area contributed by atoms with E-state index in [9.17, 15) is 9.18 Å². The van der Waals surface area contributed by atoms with Crippen LogP contribution in [0.2, 0.25) is 5.02 Å². The van der Waals surface area contributed by atoms with E-state index in [0.717, 1.165) is 0 Å². The average Bonchev–Trinajstić information content (AvgIpc) is 3.11. The van der Waals surface area contributed by atoms with Gasteiger partial charge in [-0.1, -0.05) is 29.8 Å². The van der Waals surface area contributed by atoms with Gasteiger partial charge in [0.25, 0.3) is 0 Å². The maximum Gasteiger partial charge on any atom is 0.338 e. The van der Waals surface area contributed by atoms with E-state index < -0.39 is 12.0 Å². The first-order chi connectivity index (χ1) is 14.0. The standard InChI is InChI=1S/C21H18ClFN4O2/c1-3-29-20(28)17-12(2)24-21-25-19(13-8-10-14(23)11-9-13)26-27(21)18(17)15-6-4-5-7-16(15)22/h4-11,18H,3H2,1-2H3,(H,24,25,26). The monoisotopic (exact) mass is 412 g/mol. The van der Waals surface area contributed by atoms with Gasteiger partial charge in [0.1, 0.15) is 11.9 Å². The van der Waals surface area contributed by atoms with Crippen LogP contribution >= 0.6 is 11.6 Å². The number of allylic oxidation sites excluding steroid dienone is 1. The molecule has 0 saturated carbocycles. The molecule has 0 amide bonds. The quantitative estimate of drug-likeness (QED) is 0.635. The third kappa shape index (κ3) is 3.49. The lowest BCUT2D eigenvalue weighted by Gasteiger charge is -2.28. The highest BCUT2D eigenvalue weighted by Crippen LogP contribution is 2.39. The van der Waals surface area contributed by atoms with Crippen molar-refractivity contribution in [3.05, 3.63) is 76.2 Å². The van der Waals surface area contributed by atoms with Gasteiger partial charge in [-0.05, 0) is 44.2 Å². The van der Waals surface area contributed by atoms with Crippen molar-refractivity contribution in [2.45, 2.75) is 19.9 Å². The highest BCUT2D eigenvalue weighted by molar-refractivity contribution is 6.31. The van der Waals surface area contributed by atoms with Crippen molar-refractivity contribution in [3.63, 3.8) is 0 Å². The van der Waals surface area contributed by atoms with Crippen LogP contribution in [0.5, 0.6) is 0 Å². The molecule has 1 aromatic heterocycles. The Kier molecular flexibility index (Phi) is 5.07. The number of fused-ring (bicyclic) bond motifs is 1. The predicted octanol–water partition coefficient (Wildman–Crippen LogP) is 4.59. The summed E-state index contributed by atoms with van der Waals surface area (Å²) >= 11 is 6.46. The average molecular weight is 413 g/mol. The Bertz CT molecular complexity index is 1110. The molecule has 148 valence electrons. The molecule has 4 rings (SSSR count). The van der Waals surface area contributed by atoms with Crippen molar-refractivity contribution >= 4 is 23.5 Å². The lowest BCUT2D eigenvalue weighted by atomic mass is 9.96. The molecule has 6 nitrogen and oxygen atoms in total. The molecule has 0 radical (unpaired) electrons. The smallest absolute Gasteiger partial charge is 0.338 e. The second kappa shape index (κ2) is 7.67. The molecule has 29 heavy (non-hydrogen) atoms. The van der Waals surface area contributed by atoms with Crippen LogP contribution < -0.4 is 5.32 Å². The number of esters is 1. The number of hydrogen-bond donors (Lipinski definition) is 1. The van der Waals surface area contributed by atoms with Crippen LogP contribution in [0, 0.1) is 5.82 Å². The number of carbonyl (C=O) groups excluding carboxylic acids is 1. The number of anilines is 1. The summed E-state index contributed by atoms with van der Waals surface area (Å²) in [4.78, 5) is 17.3. The Balaban J connectivity index is 1.88. The molecule has 8 heteroatoms. The van der Waals surface area contributed by atoms with Gasteiger partial charge in [0.15, 0.2) is 5.82 Å². The number of aromatic nitrogens is 3. The maximum absolute atomic E-state index is 13.3. The molecular weight excluding hydrogens is 395 g/mol. The predicted molar refractivity (Wildman–Crippen MR) is 108 cm³/mol. The minimum atomic E-state index is -0.610. The van der Waals surface area contributed by atoms with E-state index in [1.54, 1.807) is 36.7 Å². The summed E-state index contributed by atoms with van der Waals surface area (Å²) in [6, 6.07) is 12.6. The van der Waals surface area contributed by atoms with Crippen molar-refractivity contribution in [2.24, 2.45) is 0 Å². The molecule has 2 heterocycles. The van der Waals surface area contributed by atoms with E-state index in [4.69, 9.17) is 16.3 Å². The lowest BCUT2D eigenvalue weighted by Crippen LogP contribution is -2.29. The summed E-state index contributed by atoms with van der Waals surface area (Å²) in [5.41, 5.74) is 2.38. The topological polar surface area (TPSA) is 69.0 Å². The molecule has 1 N–H and O–H groups in total. The third-order valence-corrected chi connectivity index (χ3v) is 4.99. The molecule has 0 saturated heterocycles. The summed E-state index contributed by atoms with van der Waals surface area (Å²) in [5, 5.41) is 8.22. The van der Waals surface area contributed by atoms with Crippen LogP contribution in [-0.4, -0.2) is 27.3 Å². The number of halogens is 2. The fourth-order valence-electron chi connectivity index (χ4n) is 3.33. The van der Waals surface area contributed by atoms with Gasteiger partial charge in [-0.25, -0.2) is 13.9 Å². The Morgan fingerprint density at radius 2 is 1.97 bits per heavy atom. The molecule has 0 spiro atoms. The highest BCUT2D eigenvalue weighted by atomic mass is 35.5.